The first-order chi connectivity index (χ1) is 20.2. The smallest absolute Gasteiger partial charge is 0.320 e. The van der Waals surface area contributed by atoms with Crippen molar-refractivity contribution in [2.24, 2.45) is 0 Å². The topological polar surface area (TPSA) is 141 Å². The van der Waals surface area contributed by atoms with Gasteiger partial charge in [0.1, 0.15) is 6.61 Å². The molecule has 0 spiro atoms. The molecule has 236 valence electrons. The van der Waals surface area contributed by atoms with Gasteiger partial charge in [0.2, 0.25) is 0 Å². The van der Waals surface area contributed by atoms with Gasteiger partial charge in [-0.2, -0.15) is 0 Å². The van der Waals surface area contributed by atoms with Crippen LogP contribution < -0.4 is 0 Å². The van der Waals surface area contributed by atoms with E-state index in [0.29, 0.717) is 0 Å². The third-order valence-corrected chi connectivity index (χ3v) is 5.69. The predicted octanol–water partition coefficient (Wildman–Crippen LogP) is 0.888. The molecule has 1 rings (SSSR count). The molecule has 0 N–H and O–H groups in total. The first-order valence-electron chi connectivity index (χ1n) is 14.2. The fourth-order valence-electron chi connectivity index (χ4n) is 3.79. The molecular weight excluding hydrogens is 550 g/mol. The standard InChI is InChI=1S/C29H45N3O10/c1-5-38-25(33)18-30(14-16-31(19-26(34)39-6-2)20-27(35)40-7-3)15-17-32(21-28(36)41-8-4)22-29(37)42-23-24-12-10-9-11-13-24/h9-13H,5-8,14-23H2,1-4H3. The summed E-state index contributed by atoms with van der Waals surface area (Å²) in [6, 6.07) is 9.22. The van der Waals surface area contributed by atoms with Gasteiger partial charge in [0, 0.05) is 26.2 Å². The highest BCUT2D eigenvalue weighted by molar-refractivity contribution is 5.75. The summed E-state index contributed by atoms with van der Waals surface area (Å²) in [5.41, 5.74) is 0.832. The molecular formula is C29H45N3O10. The summed E-state index contributed by atoms with van der Waals surface area (Å²) in [5.74, 6) is -2.46. The van der Waals surface area contributed by atoms with Crippen molar-refractivity contribution in [1.82, 2.24) is 14.7 Å². The van der Waals surface area contributed by atoms with Gasteiger partial charge in [-0.1, -0.05) is 30.3 Å². The Morgan fingerprint density at radius 3 is 1.14 bits per heavy atom. The Hall–Kier alpha value is -3.55. The predicted molar refractivity (Wildman–Crippen MR) is 152 cm³/mol. The van der Waals surface area contributed by atoms with E-state index < -0.39 is 29.8 Å². The third-order valence-electron chi connectivity index (χ3n) is 5.69. The highest BCUT2D eigenvalue weighted by Crippen LogP contribution is 2.03. The summed E-state index contributed by atoms with van der Waals surface area (Å²) >= 11 is 0. The molecule has 0 saturated carbocycles. The van der Waals surface area contributed by atoms with Crippen LogP contribution in [0.4, 0.5) is 0 Å². The molecule has 0 heterocycles. The van der Waals surface area contributed by atoms with Crippen LogP contribution in [-0.2, 0) is 54.3 Å². The lowest BCUT2D eigenvalue weighted by atomic mass is 10.2. The fourth-order valence-corrected chi connectivity index (χ4v) is 3.79. The quantitative estimate of drug-likeness (QED) is 0.138. The first-order valence-corrected chi connectivity index (χ1v) is 14.2. The van der Waals surface area contributed by atoms with E-state index in [1.807, 2.05) is 30.3 Å². The molecule has 0 aliphatic carbocycles. The largest absolute Gasteiger partial charge is 0.465 e. The Morgan fingerprint density at radius 1 is 0.476 bits per heavy atom. The molecule has 13 heteroatoms. The lowest BCUT2D eigenvalue weighted by Crippen LogP contribution is -2.46. The molecule has 1 aromatic carbocycles. The van der Waals surface area contributed by atoms with Gasteiger partial charge in [-0.3, -0.25) is 38.7 Å². The number of benzene rings is 1. The van der Waals surface area contributed by atoms with Crippen LogP contribution in [0.5, 0.6) is 0 Å². The molecule has 0 aromatic heterocycles. The molecule has 0 radical (unpaired) electrons. The number of carbonyl (C=O) groups is 5. The SMILES string of the molecule is CCOC(=O)CN(CCN(CC(=O)OCC)CC(=O)OCC)CCN(CC(=O)OCC)CC(=O)OCc1ccccc1. The third kappa shape index (κ3) is 17.3. The molecule has 0 amide bonds. The van der Waals surface area contributed by atoms with Gasteiger partial charge in [0.25, 0.3) is 0 Å². The second-order valence-corrected chi connectivity index (χ2v) is 9.06. The molecule has 0 saturated heterocycles. The van der Waals surface area contributed by atoms with Gasteiger partial charge in [0.05, 0.1) is 59.2 Å². The summed E-state index contributed by atoms with van der Waals surface area (Å²) in [5, 5.41) is 0. The Bertz CT molecular complexity index is 940. The van der Waals surface area contributed by atoms with Crippen molar-refractivity contribution >= 4 is 29.8 Å². The van der Waals surface area contributed by atoms with Crippen molar-refractivity contribution in [3.05, 3.63) is 35.9 Å². The molecule has 0 bridgehead atoms. The molecule has 13 nitrogen and oxygen atoms in total. The minimum Gasteiger partial charge on any atom is -0.465 e. The number of hydrogen-bond acceptors (Lipinski definition) is 13. The van der Waals surface area contributed by atoms with Crippen LogP contribution in [0.25, 0.3) is 0 Å². The maximum absolute atomic E-state index is 12.6. The summed E-state index contributed by atoms with van der Waals surface area (Å²) in [6.07, 6.45) is 0. The highest BCUT2D eigenvalue weighted by Gasteiger charge is 2.22. The number of hydrogen-bond donors (Lipinski definition) is 0. The maximum atomic E-state index is 12.6. The first kappa shape index (κ1) is 36.5. The molecule has 0 fully saturated rings. The normalized spacial score (nSPS) is 10.9. The Labute approximate surface area is 247 Å². The lowest BCUT2D eigenvalue weighted by molar-refractivity contribution is -0.150. The van der Waals surface area contributed by atoms with Crippen molar-refractivity contribution in [3.63, 3.8) is 0 Å². The van der Waals surface area contributed by atoms with E-state index in [-0.39, 0.29) is 91.9 Å². The van der Waals surface area contributed by atoms with Crippen LogP contribution in [0.1, 0.15) is 33.3 Å². The minimum atomic E-state index is -0.518. The zero-order chi connectivity index (χ0) is 31.2. The van der Waals surface area contributed by atoms with Crippen molar-refractivity contribution in [2.45, 2.75) is 34.3 Å². The van der Waals surface area contributed by atoms with Crippen LogP contribution in [0.15, 0.2) is 30.3 Å². The number of nitrogens with zero attached hydrogens (tertiary/aromatic N) is 3. The summed E-state index contributed by atoms with van der Waals surface area (Å²) in [6.45, 7) is 7.96. The van der Waals surface area contributed by atoms with Gasteiger partial charge in [-0.25, -0.2) is 0 Å². The Morgan fingerprint density at radius 2 is 0.786 bits per heavy atom. The van der Waals surface area contributed by atoms with Crippen molar-refractivity contribution < 1.29 is 47.7 Å². The second-order valence-electron chi connectivity index (χ2n) is 9.06. The molecule has 0 unspecified atom stereocenters. The maximum Gasteiger partial charge on any atom is 0.320 e. The average molecular weight is 596 g/mol. The Kier molecular flexibility index (Phi) is 19.2. The van der Waals surface area contributed by atoms with E-state index >= 15 is 0 Å². The van der Waals surface area contributed by atoms with Gasteiger partial charge in [0.15, 0.2) is 0 Å². The van der Waals surface area contributed by atoms with E-state index in [0.717, 1.165) is 5.56 Å². The zero-order valence-corrected chi connectivity index (χ0v) is 25.2. The van der Waals surface area contributed by atoms with Crippen molar-refractivity contribution in [3.8, 4) is 0 Å². The van der Waals surface area contributed by atoms with Gasteiger partial charge >= 0.3 is 29.8 Å². The van der Waals surface area contributed by atoms with E-state index in [4.69, 9.17) is 23.7 Å². The second kappa shape index (κ2) is 22.1. The van der Waals surface area contributed by atoms with Crippen molar-refractivity contribution in [2.75, 3.05) is 85.3 Å². The van der Waals surface area contributed by atoms with Gasteiger partial charge < -0.3 is 23.7 Å². The minimum absolute atomic E-state index is 0.0772. The molecule has 0 atom stereocenters. The monoisotopic (exact) mass is 595 g/mol. The highest BCUT2D eigenvalue weighted by atomic mass is 16.5. The van der Waals surface area contributed by atoms with Crippen LogP contribution in [0.3, 0.4) is 0 Å². The zero-order valence-electron chi connectivity index (χ0n) is 25.2. The summed E-state index contributed by atoms with van der Waals surface area (Å²) in [4.78, 5) is 66.4. The number of carbonyl (C=O) groups excluding carboxylic acids is 5. The van der Waals surface area contributed by atoms with Crippen molar-refractivity contribution in [1.29, 1.82) is 0 Å². The molecule has 1 aromatic rings. The van der Waals surface area contributed by atoms with Crippen LogP contribution in [-0.4, -0.2) is 130 Å². The summed E-state index contributed by atoms with van der Waals surface area (Å²) in [7, 11) is 0. The molecule has 42 heavy (non-hydrogen) atoms. The Balaban J connectivity index is 2.92. The lowest BCUT2D eigenvalue weighted by Gasteiger charge is -2.28. The number of ether oxygens (including phenoxy) is 5. The van der Waals surface area contributed by atoms with E-state index in [1.165, 1.54) is 0 Å². The average Bonchev–Trinajstić information content (AvgIpc) is 2.94. The van der Waals surface area contributed by atoms with Gasteiger partial charge in [-0.05, 0) is 33.3 Å². The number of rotatable bonds is 22. The fraction of sp³-hybridized carbons (Fsp3) is 0.621. The summed E-state index contributed by atoms with van der Waals surface area (Å²) < 4.78 is 25.6. The van der Waals surface area contributed by atoms with Crippen LogP contribution in [0.2, 0.25) is 0 Å². The van der Waals surface area contributed by atoms with E-state index in [2.05, 4.69) is 0 Å². The van der Waals surface area contributed by atoms with Crippen LogP contribution >= 0.6 is 0 Å². The molecule has 0 aliphatic heterocycles. The van der Waals surface area contributed by atoms with Gasteiger partial charge in [-0.15, -0.1) is 0 Å². The number of esters is 5. The van der Waals surface area contributed by atoms with E-state index in [1.54, 1.807) is 42.4 Å². The van der Waals surface area contributed by atoms with E-state index in [9.17, 15) is 24.0 Å². The molecule has 0 aliphatic rings. The van der Waals surface area contributed by atoms with Crippen LogP contribution in [0, 0.1) is 0 Å².